The molecule has 0 radical (unpaired) electrons. The van der Waals surface area contributed by atoms with E-state index in [1.54, 1.807) is 49.4 Å². The summed E-state index contributed by atoms with van der Waals surface area (Å²) in [6, 6.07) is 18.5. The Labute approximate surface area is 176 Å². The molecule has 0 spiro atoms. The molecule has 0 fully saturated rings. The Morgan fingerprint density at radius 2 is 1.52 bits per heavy atom. The zero-order valence-corrected chi connectivity index (χ0v) is 16.4. The Kier molecular flexibility index (Phi) is 5.44. The number of rotatable bonds is 5. The zero-order valence-electron chi connectivity index (χ0n) is 16.4. The van der Waals surface area contributed by atoms with Crippen molar-refractivity contribution in [1.82, 2.24) is 9.97 Å². The maximum atomic E-state index is 12.8. The molecule has 2 amide bonds. The molecule has 3 N–H and O–H groups in total. The second-order valence-corrected chi connectivity index (χ2v) is 6.91. The first-order chi connectivity index (χ1) is 14.9. The van der Waals surface area contributed by atoms with Crippen molar-refractivity contribution in [1.29, 1.82) is 0 Å². The van der Waals surface area contributed by atoms with Gasteiger partial charge in [0.1, 0.15) is 0 Å². The number of amides is 2. The maximum Gasteiger partial charge on any atom is 0.295 e. The van der Waals surface area contributed by atoms with E-state index in [1.807, 2.05) is 6.07 Å². The van der Waals surface area contributed by atoms with Crippen molar-refractivity contribution in [2.75, 3.05) is 10.6 Å². The summed E-state index contributed by atoms with van der Waals surface area (Å²) in [5.41, 5.74) is 3.29. The van der Waals surface area contributed by atoms with Gasteiger partial charge in [-0.15, -0.1) is 0 Å². The van der Waals surface area contributed by atoms with E-state index in [9.17, 15) is 18.4 Å². The predicted octanol–water partition coefficient (Wildman–Crippen LogP) is 5.31. The van der Waals surface area contributed by atoms with E-state index in [4.69, 9.17) is 0 Å². The number of nitrogens with zero attached hydrogens (tertiary/aromatic N) is 1. The van der Waals surface area contributed by atoms with E-state index in [-0.39, 0.29) is 11.5 Å². The molecular formula is C23H18F2N4O2. The Bertz CT molecular complexity index is 1270. The fourth-order valence-corrected chi connectivity index (χ4v) is 3.16. The standard InChI is InChI=1S/C23H18F2N4O2/c1-13-16(28-22(30)14-6-3-2-4-7-14)8-5-9-17(13)29-23(31)15-10-11-18-19(12-15)27-21(26-18)20(24)25/h2-12,20H,1H3,(H,26,27)(H,28,30)(H,29,31). The number of anilines is 2. The van der Waals surface area contributed by atoms with Crippen LogP contribution in [0.1, 0.15) is 38.5 Å². The SMILES string of the molecule is Cc1c(NC(=O)c2ccccc2)cccc1NC(=O)c1ccc2nc(C(F)F)[nH]c2c1. The summed E-state index contributed by atoms with van der Waals surface area (Å²) in [5.74, 6) is -1.11. The van der Waals surface area contributed by atoms with Gasteiger partial charge in [-0.3, -0.25) is 9.59 Å². The lowest BCUT2D eigenvalue weighted by molar-refractivity contribution is 0.101. The molecule has 0 saturated carbocycles. The van der Waals surface area contributed by atoms with Crippen LogP contribution in [0.25, 0.3) is 11.0 Å². The van der Waals surface area contributed by atoms with Crippen LogP contribution in [0, 0.1) is 6.92 Å². The van der Waals surface area contributed by atoms with Gasteiger partial charge in [0.05, 0.1) is 11.0 Å². The van der Waals surface area contributed by atoms with Gasteiger partial charge in [0.15, 0.2) is 5.82 Å². The highest BCUT2D eigenvalue weighted by molar-refractivity contribution is 6.08. The summed E-state index contributed by atoms with van der Waals surface area (Å²) < 4.78 is 25.7. The molecular weight excluding hydrogens is 402 g/mol. The molecule has 6 nitrogen and oxygen atoms in total. The minimum atomic E-state index is -2.72. The van der Waals surface area contributed by atoms with Crippen LogP contribution < -0.4 is 10.6 Å². The molecule has 0 bridgehead atoms. The molecule has 1 aromatic heterocycles. The number of aromatic amines is 1. The number of imidazole rings is 1. The van der Waals surface area contributed by atoms with Crippen molar-refractivity contribution in [2.45, 2.75) is 13.3 Å². The van der Waals surface area contributed by atoms with Gasteiger partial charge in [-0.1, -0.05) is 24.3 Å². The number of H-pyrrole nitrogens is 1. The average molecular weight is 420 g/mol. The van der Waals surface area contributed by atoms with E-state index >= 15 is 0 Å². The van der Waals surface area contributed by atoms with Gasteiger partial charge in [-0.2, -0.15) is 0 Å². The molecule has 4 rings (SSSR count). The van der Waals surface area contributed by atoms with Crippen molar-refractivity contribution >= 4 is 34.2 Å². The fourth-order valence-electron chi connectivity index (χ4n) is 3.16. The number of nitrogens with one attached hydrogen (secondary N) is 3. The van der Waals surface area contributed by atoms with Crippen LogP contribution in [0.15, 0.2) is 66.7 Å². The predicted molar refractivity (Wildman–Crippen MR) is 115 cm³/mol. The summed E-state index contributed by atoms with van der Waals surface area (Å²) in [6.45, 7) is 1.78. The van der Waals surface area contributed by atoms with Crippen LogP contribution in [0.5, 0.6) is 0 Å². The maximum absolute atomic E-state index is 12.8. The summed E-state index contributed by atoms with van der Waals surface area (Å²) in [6.07, 6.45) is -2.72. The molecule has 31 heavy (non-hydrogen) atoms. The molecule has 0 aliphatic rings. The van der Waals surface area contributed by atoms with Crippen LogP contribution >= 0.6 is 0 Å². The minimum Gasteiger partial charge on any atom is -0.337 e. The quantitative estimate of drug-likeness (QED) is 0.409. The highest BCUT2D eigenvalue weighted by atomic mass is 19.3. The zero-order chi connectivity index (χ0) is 22.0. The number of carbonyl (C=O) groups is 2. The first kappa shape index (κ1) is 20.2. The molecule has 1 heterocycles. The topological polar surface area (TPSA) is 86.9 Å². The lowest BCUT2D eigenvalue weighted by atomic mass is 10.1. The molecule has 0 aliphatic heterocycles. The van der Waals surface area contributed by atoms with Crippen LogP contribution in [-0.2, 0) is 0 Å². The van der Waals surface area contributed by atoms with Crippen molar-refractivity contribution in [3.63, 3.8) is 0 Å². The minimum absolute atomic E-state index is 0.258. The van der Waals surface area contributed by atoms with E-state index in [2.05, 4.69) is 20.6 Å². The Balaban J connectivity index is 1.54. The van der Waals surface area contributed by atoms with E-state index in [0.717, 1.165) is 0 Å². The first-order valence-corrected chi connectivity index (χ1v) is 9.47. The Morgan fingerprint density at radius 1 is 0.871 bits per heavy atom. The number of fused-ring (bicyclic) bond motifs is 1. The number of halogens is 2. The number of aromatic nitrogens is 2. The largest absolute Gasteiger partial charge is 0.337 e. The molecule has 4 aromatic rings. The number of hydrogen-bond acceptors (Lipinski definition) is 3. The van der Waals surface area contributed by atoms with Crippen LogP contribution in [0.2, 0.25) is 0 Å². The van der Waals surface area contributed by atoms with E-state index in [1.165, 1.54) is 18.2 Å². The molecule has 0 atom stereocenters. The summed E-state index contributed by atoms with van der Waals surface area (Å²) in [4.78, 5) is 31.5. The van der Waals surface area contributed by atoms with E-state index < -0.39 is 18.2 Å². The molecule has 0 saturated heterocycles. The smallest absolute Gasteiger partial charge is 0.295 e. The van der Waals surface area contributed by atoms with Gasteiger partial charge >= 0.3 is 0 Å². The number of alkyl halides is 2. The van der Waals surface area contributed by atoms with Crippen LogP contribution in [0.4, 0.5) is 20.2 Å². The number of benzene rings is 3. The first-order valence-electron chi connectivity index (χ1n) is 9.47. The van der Waals surface area contributed by atoms with E-state index in [0.29, 0.717) is 33.5 Å². The molecule has 0 aliphatic carbocycles. The molecule has 0 unspecified atom stereocenters. The monoisotopic (exact) mass is 420 g/mol. The number of hydrogen-bond donors (Lipinski definition) is 3. The molecule has 156 valence electrons. The van der Waals surface area contributed by atoms with Crippen molar-refractivity contribution in [3.8, 4) is 0 Å². The second-order valence-electron chi connectivity index (χ2n) is 6.91. The summed E-state index contributed by atoms with van der Waals surface area (Å²) in [5, 5.41) is 5.64. The summed E-state index contributed by atoms with van der Waals surface area (Å²) >= 11 is 0. The fraction of sp³-hybridized carbons (Fsp3) is 0.0870. The number of carbonyl (C=O) groups excluding carboxylic acids is 2. The average Bonchev–Trinajstić information content (AvgIpc) is 3.21. The molecule has 3 aromatic carbocycles. The third-order valence-corrected chi connectivity index (χ3v) is 4.84. The van der Waals surface area contributed by atoms with Gasteiger partial charge in [0.2, 0.25) is 0 Å². The Morgan fingerprint density at radius 3 is 2.16 bits per heavy atom. The van der Waals surface area contributed by atoms with Crippen molar-refractivity contribution < 1.29 is 18.4 Å². The van der Waals surface area contributed by atoms with Gasteiger partial charge in [0, 0.05) is 22.5 Å². The Hall–Kier alpha value is -4.07. The van der Waals surface area contributed by atoms with Crippen molar-refractivity contribution in [3.05, 3.63) is 89.2 Å². The third-order valence-electron chi connectivity index (χ3n) is 4.84. The second kappa shape index (κ2) is 8.35. The van der Waals surface area contributed by atoms with Crippen LogP contribution in [0.3, 0.4) is 0 Å². The van der Waals surface area contributed by atoms with Gasteiger partial charge in [0.25, 0.3) is 18.2 Å². The highest BCUT2D eigenvalue weighted by Crippen LogP contribution is 2.25. The molecule has 8 heteroatoms. The summed E-state index contributed by atoms with van der Waals surface area (Å²) in [7, 11) is 0. The lowest BCUT2D eigenvalue weighted by Gasteiger charge is -2.13. The third kappa shape index (κ3) is 4.28. The van der Waals surface area contributed by atoms with Crippen LogP contribution in [-0.4, -0.2) is 21.8 Å². The lowest BCUT2D eigenvalue weighted by Crippen LogP contribution is -2.15. The van der Waals surface area contributed by atoms with Gasteiger partial charge in [-0.05, 0) is 55.0 Å². The normalized spacial score (nSPS) is 11.0. The highest BCUT2D eigenvalue weighted by Gasteiger charge is 2.16. The van der Waals surface area contributed by atoms with Crippen molar-refractivity contribution in [2.24, 2.45) is 0 Å². The van der Waals surface area contributed by atoms with Gasteiger partial charge < -0.3 is 15.6 Å². The van der Waals surface area contributed by atoms with Gasteiger partial charge in [-0.25, -0.2) is 13.8 Å².